The zero-order valence-corrected chi connectivity index (χ0v) is 7.14. The van der Waals surface area contributed by atoms with Crippen molar-refractivity contribution in [3.63, 3.8) is 0 Å². The highest BCUT2D eigenvalue weighted by atomic mass is 32.1. The molecule has 1 rings (SSSR count). The molecule has 0 N–H and O–H groups in total. The summed E-state index contributed by atoms with van der Waals surface area (Å²) in [6.45, 7) is 2.00. The molecule has 2 heteroatoms. The van der Waals surface area contributed by atoms with E-state index in [0.29, 0.717) is 0 Å². The van der Waals surface area contributed by atoms with Crippen molar-refractivity contribution in [1.29, 1.82) is 0 Å². The lowest BCUT2D eigenvalue weighted by Crippen LogP contribution is -1.90. The average Bonchev–Trinajstić information content (AvgIpc) is 2.05. The molecule has 0 saturated carbocycles. The van der Waals surface area contributed by atoms with Gasteiger partial charge in [-0.05, 0) is 12.5 Å². The summed E-state index contributed by atoms with van der Waals surface area (Å²) >= 11 is 4.03. The van der Waals surface area contributed by atoms with E-state index in [1.54, 1.807) is 0 Å². The third kappa shape index (κ3) is 2.09. The molecule has 1 nitrogen and oxygen atoms in total. The molecule has 0 saturated heterocycles. The molecule has 57 valence electrons. The Hall–Kier alpha value is -0.760. The Morgan fingerprint density at radius 2 is 1.91 bits per heavy atom. The molecule has 0 heterocycles. The van der Waals surface area contributed by atoms with Crippen LogP contribution in [0.2, 0.25) is 0 Å². The second kappa shape index (κ2) is 3.58. The number of hydrogen-bond acceptors (Lipinski definition) is 2. The van der Waals surface area contributed by atoms with Crippen LogP contribution in [0.5, 0.6) is 0 Å². The Kier molecular flexibility index (Phi) is 2.71. The molecule has 0 bridgehead atoms. The molecule has 0 aliphatic rings. The summed E-state index contributed by atoms with van der Waals surface area (Å²) in [6, 6.07) is 7.68. The molecule has 0 fully saturated rings. The van der Waals surface area contributed by atoms with Crippen LogP contribution in [0.1, 0.15) is 16.4 Å². The summed E-state index contributed by atoms with van der Waals surface area (Å²) < 4.78 is 0. The van der Waals surface area contributed by atoms with Gasteiger partial charge in [-0.2, -0.15) is 12.6 Å². The standard InChI is InChI=1S/C9H9OS/c1-7-2-4-8(5-3-7)9(11)6-10/h2-5,9,11H,1H3. The van der Waals surface area contributed by atoms with Crippen molar-refractivity contribution < 1.29 is 4.79 Å². The number of benzene rings is 1. The Morgan fingerprint density at radius 3 is 2.36 bits per heavy atom. The van der Waals surface area contributed by atoms with Gasteiger partial charge in [0.05, 0.1) is 5.25 Å². The normalized spacial score (nSPS) is 12.5. The second-order valence-electron chi connectivity index (χ2n) is 2.43. The van der Waals surface area contributed by atoms with E-state index in [-0.39, 0.29) is 0 Å². The van der Waals surface area contributed by atoms with Gasteiger partial charge in [-0.3, -0.25) is 4.79 Å². The Labute approximate surface area is 71.8 Å². The van der Waals surface area contributed by atoms with Crippen molar-refractivity contribution in [2.24, 2.45) is 0 Å². The van der Waals surface area contributed by atoms with E-state index in [9.17, 15) is 4.79 Å². The molecular formula is C9H9OS. The molecule has 0 aliphatic carbocycles. The summed E-state index contributed by atoms with van der Waals surface area (Å²) in [5.74, 6) is 0. The summed E-state index contributed by atoms with van der Waals surface area (Å²) in [5.41, 5.74) is 2.08. The van der Waals surface area contributed by atoms with Gasteiger partial charge in [-0.25, -0.2) is 0 Å². The topological polar surface area (TPSA) is 17.1 Å². The molecular weight excluding hydrogens is 156 g/mol. The number of hydrogen-bond donors (Lipinski definition) is 1. The van der Waals surface area contributed by atoms with Crippen molar-refractivity contribution in [2.75, 3.05) is 0 Å². The van der Waals surface area contributed by atoms with Crippen LogP contribution >= 0.6 is 12.6 Å². The lowest BCUT2D eigenvalue weighted by Gasteiger charge is -2.01. The summed E-state index contributed by atoms with van der Waals surface area (Å²) in [7, 11) is 0. The quantitative estimate of drug-likeness (QED) is 0.664. The number of thiol groups is 1. The second-order valence-corrected chi connectivity index (χ2v) is 2.95. The fourth-order valence-corrected chi connectivity index (χ4v) is 0.989. The van der Waals surface area contributed by atoms with Crippen molar-refractivity contribution in [3.8, 4) is 0 Å². The zero-order valence-electron chi connectivity index (χ0n) is 6.24. The molecule has 0 amide bonds. The minimum atomic E-state index is -0.407. The minimum absolute atomic E-state index is 0.407. The first-order chi connectivity index (χ1) is 5.24. The molecule has 0 aliphatic heterocycles. The predicted molar refractivity (Wildman–Crippen MR) is 48.6 cm³/mol. The highest BCUT2D eigenvalue weighted by Gasteiger charge is 2.03. The van der Waals surface area contributed by atoms with Gasteiger partial charge < -0.3 is 0 Å². The van der Waals surface area contributed by atoms with Crippen LogP contribution in [0.25, 0.3) is 0 Å². The maximum Gasteiger partial charge on any atom is 0.216 e. The molecule has 1 aromatic rings. The van der Waals surface area contributed by atoms with E-state index in [2.05, 4.69) is 12.6 Å². The van der Waals surface area contributed by atoms with Gasteiger partial charge in [-0.15, -0.1) is 0 Å². The highest BCUT2D eigenvalue weighted by Crippen LogP contribution is 2.16. The SMILES string of the molecule is Cc1ccc(C(S)[C]=O)cc1. The third-order valence-corrected chi connectivity index (χ3v) is 1.91. The van der Waals surface area contributed by atoms with Gasteiger partial charge in [0.2, 0.25) is 6.29 Å². The van der Waals surface area contributed by atoms with Gasteiger partial charge in [0, 0.05) is 0 Å². The zero-order chi connectivity index (χ0) is 8.27. The van der Waals surface area contributed by atoms with Crippen LogP contribution in [0, 0.1) is 6.92 Å². The average molecular weight is 165 g/mol. The van der Waals surface area contributed by atoms with Gasteiger partial charge >= 0.3 is 0 Å². The number of rotatable bonds is 2. The lowest BCUT2D eigenvalue weighted by molar-refractivity contribution is 0.554. The fourth-order valence-electron chi connectivity index (χ4n) is 0.817. The molecule has 1 aromatic carbocycles. The summed E-state index contributed by atoms with van der Waals surface area (Å²) in [5, 5.41) is -0.407. The monoisotopic (exact) mass is 165 g/mol. The summed E-state index contributed by atoms with van der Waals surface area (Å²) in [6.07, 6.45) is 1.81. The van der Waals surface area contributed by atoms with Crippen LogP contribution in [0.4, 0.5) is 0 Å². The van der Waals surface area contributed by atoms with E-state index in [0.717, 1.165) is 5.56 Å². The predicted octanol–water partition coefficient (Wildman–Crippen LogP) is 2.08. The Morgan fingerprint density at radius 1 is 1.36 bits per heavy atom. The third-order valence-electron chi connectivity index (χ3n) is 1.50. The van der Waals surface area contributed by atoms with Crippen molar-refractivity contribution in [1.82, 2.24) is 0 Å². The van der Waals surface area contributed by atoms with Crippen molar-refractivity contribution >= 4 is 18.9 Å². The van der Waals surface area contributed by atoms with Gasteiger partial charge in [0.15, 0.2) is 0 Å². The van der Waals surface area contributed by atoms with E-state index in [1.165, 1.54) is 5.56 Å². The van der Waals surface area contributed by atoms with E-state index < -0.39 is 5.25 Å². The Balaban J connectivity index is 2.89. The van der Waals surface area contributed by atoms with E-state index >= 15 is 0 Å². The largest absolute Gasteiger partial charge is 0.289 e. The molecule has 0 spiro atoms. The van der Waals surface area contributed by atoms with Gasteiger partial charge in [-0.1, -0.05) is 29.8 Å². The van der Waals surface area contributed by atoms with E-state index in [1.807, 2.05) is 37.5 Å². The maximum absolute atomic E-state index is 10.2. The Bertz CT molecular complexity index is 240. The number of carbonyl (C=O) groups excluding carboxylic acids is 1. The van der Waals surface area contributed by atoms with E-state index in [4.69, 9.17) is 0 Å². The molecule has 1 atom stereocenters. The first-order valence-corrected chi connectivity index (χ1v) is 3.88. The van der Waals surface area contributed by atoms with Gasteiger partial charge in [0.1, 0.15) is 0 Å². The first-order valence-electron chi connectivity index (χ1n) is 3.36. The van der Waals surface area contributed by atoms with Crippen LogP contribution in [-0.2, 0) is 4.79 Å². The lowest BCUT2D eigenvalue weighted by atomic mass is 10.1. The minimum Gasteiger partial charge on any atom is -0.289 e. The summed E-state index contributed by atoms with van der Waals surface area (Å²) in [4.78, 5) is 10.2. The first kappa shape index (κ1) is 8.34. The molecule has 11 heavy (non-hydrogen) atoms. The molecule has 1 unspecified atom stereocenters. The van der Waals surface area contributed by atoms with Crippen molar-refractivity contribution in [3.05, 3.63) is 35.4 Å². The highest BCUT2D eigenvalue weighted by molar-refractivity contribution is 7.81. The van der Waals surface area contributed by atoms with Crippen molar-refractivity contribution in [2.45, 2.75) is 12.2 Å². The van der Waals surface area contributed by atoms with Crippen LogP contribution in [0.3, 0.4) is 0 Å². The molecule has 1 radical (unpaired) electrons. The maximum atomic E-state index is 10.2. The van der Waals surface area contributed by atoms with Crippen LogP contribution in [0.15, 0.2) is 24.3 Å². The smallest absolute Gasteiger partial charge is 0.216 e. The fraction of sp³-hybridized carbons (Fsp3) is 0.222. The van der Waals surface area contributed by atoms with Crippen LogP contribution < -0.4 is 0 Å². The van der Waals surface area contributed by atoms with Crippen LogP contribution in [-0.4, -0.2) is 6.29 Å². The molecule has 0 aromatic heterocycles. The number of aryl methyl sites for hydroxylation is 1. The van der Waals surface area contributed by atoms with Gasteiger partial charge in [0.25, 0.3) is 0 Å².